The van der Waals surface area contributed by atoms with Gasteiger partial charge in [0.2, 0.25) is 5.95 Å². The van der Waals surface area contributed by atoms with Gasteiger partial charge in [-0.1, -0.05) is 30.2 Å². The minimum Gasteiger partial charge on any atom is -0.464 e. The van der Waals surface area contributed by atoms with Crippen LogP contribution < -0.4 is 16.3 Å². The van der Waals surface area contributed by atoms with Crippen molar-refractivity contribution in [3.8, 4) is 22.4 Å². The van der Waals surface area contributed by atoms with Gasteiger partial charge < -0.3 is 19.9 Å². The van der Waals surface area contributed by atoms with Crippen molar-refractivity contribution in [3.05, 3.63) is 87.9 Å². The van der Waals surface area contributed by atoms with E-state index in [4.69, 9.17) is 26.8 Å². The Balaban J connectivity index is 1.77. The molecule has 5 rings (SSSR count). The fraction of sp³-hybridized carbons (Fsp3) is 0.314. The molecule has 2 amide bonds. The number of carbonyl (C=O) groups excluding carboxylic acids is 3. The third-order valence-electron chi connectivity index (χ3n) is 6.69. The second-order valence-corrected chi connectivity index (χ2v) is 13.1. The number of hydrogen-bond acceptors (Lipinski definition) is 12. The zero-order valence-corrected chi connectivity index (χ0v) is 29.0. The molecule has 0 unspecified atom stereocenters. The standard InChI is InChI=1S/C35H37FN8O7/c1-19-16-21(17-24(38-19)29(45)49-8)25-26(20-12-10-9-11-13-20)40-30(37)43-28(25)41-42(31(43)46)18-22-14-15-23(36)27(39-22)44(32(47)50-34(2,3)4)33(48)51-35(5,6)7/h9-17H,18H2,1-8H3,(H2,37,40)/i9D,10D,11D,12D,13D. The average Bonchev–Trinajstić information content (AvgIpc) is 3.41. The molecule has 0 atom stereocenters. The number of nitrogens with zero attached hydrogens (tertiary/aromatic N) is 7. The van der Waals surface area contributed by atoms with Crippen molar-refractivity contribution in [1.82, 2.24) is 29.1 Å². The Morgan fingerprint density at radius 2 is 1.57 bits per heavy atom. The summed E-state index contributed by atoms with van der Waals surface area (Å²) < 4.78 is 74.7. The third-order valence-corrected chi connectivity index (χ3v) is 6.69. The number of hydrogen-bond donors (Lipinski definition) is 1. The number of anilines is 2. The van der Waals surface area contributed by atoms with E-state index in [1.807, 2.05) is 0 Å². The van der Waals surface area contributed by atoms with Crippen LogP contribution in [0.1, 0.15) is 70.3 Å². The molecule has 51 heavy (non-hydrogen) atoms. The highest BCUT2D eigenvalue weighted by Gasteiger charge is 2.36. The van der Waals surface area contributed by atoms with Gasteiger partial charge in [-0.15, -0.1) is 5.10 Å². The lowest BCUT2D eigenvalue weighted by molar-refractivity contribution is 0.0426. The van der Waals surface area contributed by atoms with Crippen LogP contribution in [-0.4, -0.2) is 65.6 Å². The first-order chi connectivity index (χ1) is 25.9. The summed E-state index contributed by atoms with van der Waals surface area (Å²) in [4.78, 5) is 66.2. The fourth-order valence-electron chi connectivity index (χ4n) is 4.77. The number of benzene rings is 1. The van der Waals surface area contributed by atoms with Gasteiger partial charge in [0.1, 0.15) is 16.9 Å². The van der Waals surface area contributed by atoms with Crippen LogP contribution in [0.25, 0.3) is 28.0 Å². The van der Waals surface area contributed by atoms with E-state index in [-0.39, 0.29) is 45.1 Å². The summed E-state index contributed by atoms with van der Waals surface area (Å²) in [5.74, 6) is -3.24. The number of nitrogen functional groups attached to an aromatic ring is 1. The van der Waals surface area contributed by atoms with Crippen LogP contribution in [-0.2, 0) is 20.8 Å². The number of carbonyl (C=O) groups is 3. The molecule has 16 heteroatoms. The fourth-order valence-corrected chi connectivity index (χ4v) is 4.77. The Labute approximate surface area is 298 Å². The number of pyridine rings is 2. The van der Waals surface area contributed by atoms with Crippen LogP contribution in [0, 0.1) is 12.7 Å². The molecule has 4 heterocycles. The van der Waals surface area contributed by atoms with E-state index in [2.05, 4.69) is 20.1 Å². The molecular weight excluding hydrogens is 663 g/mol. The Bertz CT molecular complexity index is 2460. The van der Waals surface area contributed by atoms with Gasteiger partial charge in [0.15, 0.2) is 17.3 Å². The molecule has 0 aliphatic heterocycles. The summed E-state index contributed by atoms with van der Waals surface area (Å²) in [6, 6.07) is 1.54. The van der Waals surface area contributed by atoms with Crippen molar-refractivity contribution in [1.29, 1.82) is 0 Å². The summed E-state index contributed by atoms with van der Waals surface area (Å²) in [5.41, 5.74) is 2.35. The molecule has 0 aliphatic carbocycles. The van der Waals surface area contributed by atoms with Crippen molar-refractivity contribution in [2.45, 2.75) is 66.2 Å². The minimum atomic E-state index is -1.29. The van der Waals surface area contributed by atoms with Gasteiger partial charge in [-0.3, -0.25) is 0 Å². The van der Waals surface area contributed by atoms with Crippen LogP contribution in [0.5, 0.6) is 0 Å². The Kier molecular flexibility index (Phi) is 7.93. The van der Waals surface area contributed by atoms with Gasteiger partial charge in [0.05, 0.1) is 37.5 Å². The molecule has 0 saturated carbocycles. The lowest BCUT2D eigenvalue weighted by Gasteiger charge is -2.28. The zero-order valence-electron chi connectivity index (χ0n) is 34.0. The maximum absolute atomic E-state index is 15.4. The average molecular weight is 706 g/mol. The lowest BCUT2D eigenvalue weighted by atomic mass is 9.99. The topological polar surface area (TPSA) is 186 Å². The van der Waals surface area contributed by atoms with E-state index in [0.29, 0.717) is 4.90 Å². The molecule has 0 fully saturated rings. The summed E-state index contributed by atoms with van der Waals surface area (Å²) >= 11 is 0. The first-order valence-electron chi connectivity index (χ1n) is 17.8. The van der Waals surface area contributed by atoms with E-state index in [0.717, 1.165) is 22.3 Å². The summed E-state index contributed by atoms with van der Waals surface area (Å²) in [6.07, 6.45) is -2.58. The van der Waals surface area contributed by atoms with Crippen molar-refractivity contribution in [2.24, 2.45) is 0 Å². The van der Waals surface area contributed by atoms with Crippen LogP contribution >= 0.6 is 0 Å². The van der Waals surface area contributed by atoms with Crippen LogP contribution in [0.3, 0.4) is 0 Å². The summed E-state index contributed by atoms with van der Waals surface area (Å²) in [7, 11) is 1.14. The molecule has 0 spiro atoms. The number of rotatable bonds is 6. The van der Waals surface area contributed by atoms with Gasteiger partial charge in [-0.25, -0.2) is 47.6 Å². The van der Waals surface area contributed by atoms with E-state index >= 15 is 4.39 Å². The van der Waals surface area contributed by atoms with Crippen molar-refractivity contribution >= 4 is 35.6 Å². The third kappa shape index (κ3) is 7.84. The number of methoxy groups -OCH3 is 1. The van der Waals surface area contributed by atoms with Gasteiger partial charge in [-0.2, -0.15) is 4.90 Å². The number of aryl methyl sites for hydroxylation is 1. The van der Waals surface area contributed by atoms with Gasteiger partial charge in [0, 0.05) is 11.3 Å². The highest BCUT2D eigenvalue weighted by Crippen LogP contribution is 2.35. The highest BCUT2D eigenvalue weighted by molar-refractivity contribution is 6.08. The van der Waals surface area contributed by atoms with E-state index in [1.54, 1.807) is 6.92 Å². The van der Waals surface area contributed by atoms with Crippen LogP contribution in [0.4, 0.5) is 25.7 Å². The normalized spacial score (nSPS) is 13.1. The Hall–Kier alpha value is -6.19. The van der Waals surface area contributed by atoms with Crippen molar-refractivity contribution in [3.63, 3.8) is 0 Å². The molecule has 0 radical (unpaired) electrons. The maximum Gasteiger partial charge on any atom is 0.425 e. The number of ether oxygens (including phenoxy) is 3. The molecule has 2 N–H and O–H groups in total. The first-order valence-corrected chi connectivity index (χ1v) is 15.3. The van der Waals surface area contributed by atoms with E-state index in [1.165, 1.54) is 59.7 Å². The maximum atomic E-state index is 15.4. The summed E-state index contributed by atoms with van der Waals surface area (Å²) in [6.45, 7) is 10.3. The first kappa shape index (κ1) is 29.7. The number of amides is 2. The van der Waals surface area contributed by atoms with Crippen LogP contribution in [0.2, 0.25) is 0 Å². The van der Waals surface area contributed by atoms with Gasteiger partial charge >= 0.3 is 23.8 Å². The quantitative estimate of drug-likeness (QED) is 0.172. The van der Waals surface area contributed by atoms with E-state index < -0.39 is 89.4 Å². The van der Waals surface area contributed by atoms with Gasteiger partial charge in [-0.05, 0) is 78.3 Å². The second kappa shape index (κ2) is 13.6. The molecule has 4 aromatic heterocycles. The predicted molar refractivity (Wildman–Crippen MR) is 185 cm³/mol. The number of nitrogens with two attached hydrogens (primary N) is 1. The monoisotopic (exact) mass is 705 g/mol. The molecule has 0 aliphatic rings. The number of imide groups is 1. The Morgan fingerprint density at radius 3 is 2.16 bits per heavy atom. The van der Waals surface area contributed by atoms with E-state index in [9.17, 15) is 19.2 Å². The predicted octanol–water partition coefficient (Wildman–Crippen LogP) is 5.56. The lowest BCUT2D eigenvalue weighted by Crippen LogP contribution is -2.44. The molecule has 0 bridgehead atoms. The largest absolute Gasteiger partial charge is 0.464 e. The van der Waals surface area contributed by atoms with Crippen molar-refractivity contribution in [2.75, 3.05) is 17.7 Å². The number of fused-ring (bicyclic) bond motifs is 1. The SMILES string of the molecule is [2H]c1c([2H])c([2H])c(-c2nc(N)n3c(=O)n(Cc4ccc(F)c(N(C(=O)OC(C)(C)C)C(=O)OC(C)(C)C)n4)nc3c2-c2cc(C)nc(C(=O)OC)c2)c([2H])c1[2H]. The molecule has 1 aromatic carbocycles. The zero-order chi connectivity index (χ0) is 41.8. The molecule has 5 aromatic rings. The van der Waals surface area contributed by atoms with Crippen molar-refractivity contribution < 1.29 is 39.8 Å². The van der Waals surface area contributed by atoms with Crippen LogP contribution in [0.15, 0.2) is 59.3 Å². The van der Waals surface area contributed by atoms with Gasteiger partial charge in [0.25, 0.3) is 0 Å². The number of esters is 1. The number of halogens is 1. The number of aromatic nitrogens is 6. The second-order valence-electron chi connectivity index (χ2n) is 13.1. The smallest absolute Gasteiger partial charge is 0.425 e. The molecule has 266 valence electrons. The minimum absolute atomic E-state index is 0.0852. The molecular formula is C35H37FN8O7. The Morgan fingerprint density at radius 1 is 0.941 bits per heavy atom. The highest BCUT2D eigenvalue weighted by atomic mass is 19.1. The summed E-state index contributed by atoms with van der Waals surface area (Å²) in [5, 5.41) is 4.47. The molecule has 15 nitrogen and oxygen atoms in total. The molecule has 0 saturated heterocycles.